The number of nitrogens with zero attached hydrogens (tertiary/aromatic N) is 1. The lowest BCUT2D eigenvalue weighted by Gasteiger charge is -2.38. The normalized spacial score (nSPS) is 22.0. The Morgan fingerprint density at radius 1 is 0.977 bits per heavy atom. The number of nitrogens with one attached hydrogen (secondary N) is 2. The first-order chi connectivity index (χ1) is 21.3. The first-order valence-corrected chi connectivity index (χ1v) is 15.3. The number of ether oxygens (including phenoxy) is 2. The van der Waals surface area contributed by atoms with Crippen LogP contribution in [-0.4, -0.2) is 42.4 Å². The standard InChI is InChI=1S/C35H32BrN3O5/c1-4-44-29-13-9-8-12-28(29)38-34(42)39-21(2)30(22-14-17-25(43-3)18-15-22)31(32(40)23-10-6-5-7-11-23)35(39)26-20-24(36)16-19-27(26)37-33(35)41/h5-21,30-31H,4H2,1-3H3,(H,37,41)(H,38,42). The number of rotatable bonds is 7. The largest absolute Gasteiger partial charge is 0.497 e. The predicted molar refractivity (Wildman–Crippen MR) is 172 cm³/mol. The fourth-order valence-corrected chi connectivity index (χ4v) is 7.16. The fraction of sp³-hybridized carbons (Fsp3) is 0.229. The minimum atomic E-state index is -1.67. The number of hydrogen-bond donors (Lipinski definition) is 2. The Balaban J connectivity index is 1.59. The molecule has 0 aromatic heterocycles. The minimum Gasteiger partial charge on any atom is -0.497 e. The van der Waals surface area contributed by atoms with E-state index in [0.717, 1.165) is 10.0 Å². The highest BCUT2D eigenvalue weighted by atomic mass is 79.9. The van der Waals surface area contributed by atoms with Crippen LogP contribution in [0.2, 0.25) is 0 Å². The molecule has 224 valence electrons. The zero-order chi connectivity index (χ0) is 31.0. The molecule has 1 saturated heterocycles. The van der Waals surface area contributed by atoms with Gasteiger partial charge in [0.15, 0.2) is 11.3 Å². The van der Waals surface area contributed by atoms with Gasteiger partial charge in [0.25, 0.3) is 5.91 Å². The molecule has 44 heavy (non-hydrogen) atoms. The van der Waals surface area contributed by atoms with Crippen LogP contribution in [0.3, 0.4) is 0 Å². The van der Waals surface area contributed by atoms with Gasteiger partial charge in [-0.15, -0.1) is 0 Å². The van der Waals surface area contributed by atoms with Gasteiger partial charge >= 0.3 is 6.03 Å². The third-order valence-corrected chi connectivity index (χ3v) is 9.08. The van der Waals surface area contributed by atoms with Crippen molar-refractivity contribution in [1.29, 1.82) is 0 Å². The lowest BCUT2D eigenvalue weighted by molar-refractivity contribution is -0.126. The number of fused-ring (bicyclic) bond motifs is 2. The van der Waals surface area contributed by atoms with Crippen LogP contribution >= 0.6 is 15.9 Å². The summed E-state index contributed by atoms with van der Waals surface area (Å²) in [5.41, 5.74) is 1.19. The first-order valence-electron chi connectivity index (χ1n) is 14.5. The Morgan fingerprint density at radius 2 is 1.68 bits per heavy atom. The van der Waals surface area contributed by atoms with Crippen molar-refractivity contribution in [2.75, 3.05) is 24.4 Å². The van der Waals surface area contributed by atoms with E-state index in [1.807, 2.05) is 62.4 Å². The number of likely N-dealkylation sites (tertiary alicyclic amines) is 1. The molecule has 2 heterocycles. The van der Waals surface area contributed by atoms with Gasteiger partial charge in [0.1, 0.15) is 11.5 Å². The van der Waals surface area contributed by atoms with E-state index < -0.39 is 35.4 Å². The molecule has 0 aliphatic carbocycles. The summed E-state index contributed by atoms with van der Waals surface area (Å²) in [6.07, 6.45) is 0. The van der Waals surface area contributed by atoms with Crippen molar-refractivity contribution in [2.24, 2.45) is 5.92 Å². The molecule has 0 radical (unpaired) electrons. The van der Waals surface area contributed by atoms with Gasteiger partial charge in [-0.1, -0.05) is 70.5 Å². The monoisotopic (exact) mass is 653 g/mol. The van der Waals surface area contributed by atoms with E-state index in [-0.39, 0.29) is 5.78 Å². The number of carbonyl (C=O) groups is 3. The molecule has 4 aromatic carbocycles. The topological polar surface area (TPSA) is 97.0 Å². The van der Waals surface area contributed by atoms with E-state index in [9.17, 15) is 14.4 Å². The third-order valence-electron chi connectivity index (χ3n) is 8.59. The molecule has 9 heteroatoms. The number of urea groups is 1. The average molecular weight is 655 g/mol. The molecule has 1 fully saturated rings. The second kappa shape index (κ2) is 11.8. The summed E-state index contributed by atoms with van der Waals surface area (Å²) in [6.45, 7) is 4.17. The quantitative estimate of drug-likeness (QED) is 0.205. The van der Waals surface area contributed by atoms with E-state index in [4.69, 9.17) is 9.47 Å². The van der Waals surface area contributed by atoms with Crippen LogP contribution < -0.4 is 20.1 Å². The van der Waals surface area contributed by atoms with Crippen molar-refractivity contribution in [2.45, 2.75) is 31.3 Å². The van der Waals surface area contributed by atoms with E-state index in [0.29, 0.717) is 40.6 Å². The van der Waals surface area contributed by atoms with Gasteiger partial charge in [-0.05, 0) is 61.9 Å². The number of hydrogen-bond acceptors (Lipinski definition) is 5. The highest BCUT2D eigenvalue weighted by Gasteiger charge is 2.69. The fourth-order valence-electron chi connectivity index (χ4n) is 6.80. The lowest BCUT2D eigenvalue weighted by atomic mass is 9.69. The summed E-state index contributed by atoms with van der Waals surface area (Å²) in [4.78, 5) is 45.5. The summed E-state index contributed by atoms with van der Waals surface area (Å²) in [7, 11) is 1.59. The van der Waals surface area contributed by atoms with Gasteiger partial charge in [-0.3, -0.25) is 9.59 Å². The van der Waals surface area contributed by atoms with Gasteiger partial charge in [0.2, 0.25) is 0 Å². The van der Waals surface area contributed by atoms with Crippen LogP contribution in [0.15, 0.2) is 102 Å². The molecule has 8 nitrogen and oxygen atoms in total. The van der Waals surface area contributed by atoms with Crippen LogP contribution in [0.5, 0.6) is 11.5 Å². The van der Waals surface area contributed by atoms with E-state index in [1.54, 1.807) is 60.5 Å². The number of Topliss-reactive ketones (excluding diaryl/α,β-unsaturated/α-hetero) is 1. The average Bonchev–Trinajstić information content (AvgIpc) is 3.48. The molecular weight excluding hydrogens is 622 g/mol. The Kier molecular flexibility index (Phi) is 7.90. The maximum atomic E-state index is 14.8. The van der Waals surface area contributed by atoms with Crippen LogP contribution in [0, 0.1) is 5.92 Å². The van der Waals surface area contributed by atoms with Gasteiger partial charge in [-0.25, -0.2) is 4.79 Å². The number of para-hydroxylation sites is 2. The van der Waals surface area contributed by atoms with Crippen LogP contribution in [0.25, 0.3) is 0 Å². The van der Waals surface area contributed by atoms with Crippen molar-refractivity contribution in [3.63, 3.8) is 0 Å². The lowest BCUT2D eigenvalue weighted by Crippen LogP contribution is -2.57. The van der Waals surface area contributed by atoms with Crippen molar-refractivity contribution < 1.29 is 23.9 Å². The minimum absolute atomic E-state index is 0.230. The van der Waals surface area contributed by atoms with Gasteiger partial charge < -0.3 is 25.0 Å². The third kappa shape index (κ3) is 4.72. The summed E-state index contributed by atoms with van der Waals surface area (Å²) in [5.74, 6) is -1.00. The summed E-state index contributed by atoms with van der Waals surface area (Å²) >= 11 is 3.57. The Hall–Kier alpha value is -4.63. The molecule has 3 amide bonds. The Morgan fingerprint density at radius 3 is 2.39 bits per heavy atom. The number of methoxy groups -OCH3 is 1. The molecule has 6 rings (SSSR count). The second-order valence-corrected chi connectivity index (χ2v) is 11.8. The van der Waals surface area contributed by atoms with Crippen LogP contribution in [-0.2, 0) is 10.3 Å². The number of amides is 3. The predicted octanol–water partition coefficient (Wildman–Crippen LogP) is 7.22. The zero-order valence-corrected chi connectivity index (χ0v) is 26.1. The van der Waals surface area contributed by atoms with E-state index in [2.05, 4.69) is 26.6 Å². The van der Waals surface area contributed by atoms with Crippen molar-refractivity contribution >= 4 is 45.0 Å². The first kappa shape index (κ1) is 29.4. The van der Waals surface area contributed by atoms with Crippen molar-refractivity contribution in [3.05, 3.63) is 118 Å². The summed E-state index contributed by atoms with van der Waals surface area (Å²) in [5, 5.41) is 6.02. The smallest absolute Gasteiger partial charge is 0.323 e. The van der Waals surface area contributed by atoms with Crippen LogP contribution in [0.4, 0.5) is 16.2 Å². The number of carbonyl (C=O) groups excluding carboxylic acids is 3. The van der Waals surface area contributed by atoms with E-state index >= 15 is 0 Å². The zero-order valence-electron chi connectivity index (χ0n) is 24.5. The molecule has 2 aliphatic heterocycles. The summed E-state index contributed by atoms with van der Waals surface area (Å²) in [6, 6.07) is 27.9. The molecule has 4 unspecified atom stereocenters. The number of ketones is 1. The molecule has 0 bridgehead atoms. The Labute approximate surface area is 264 Å². The maximum Gasteiger partial charge on any atom is 0.323 e. The van der Waals surface area contributed by atoms with Crippen LogP contribution in [0.1, 0.15) is 41.3 Å². The van der Waals surface area contributed by atoms with Crippen molar-refractivity contribution in [3.8, 4) is 11.5 Å². The molecule has 4 aromatic rings. The number of halogens is 1. The highest BCUT2D eigenvalue weighted by Crippen LogP contribution is 2.59. The van der Waals surface area contributed by atoms with Crippen molar-refractivity contribution in [1.82, 2.24) is 4.90 Å². The Bertz CT molecular complexity index is 1730. The van der Waals surface area contributed by atoms with Gasteiger partial charge in [0, 0.05) is 33.2 Å². The maximum absolute atomic E-state index is 14.8. The molecule has 4 atom stereocenters. The number of anilines is 2. The van der Waals surface area contributed by atoms with Gasteiger partial charge in [-0.2, -0.15) is 0 Å². The molecule has 1 spiro atoms. The second-order valence-electron chi connectivity index (χ2n) is 10.9. The van der Waals surface area contributed by atoms with Gasteiger partial charge in [0.05, 0.1) is 25.3 Å². The molecule has 2 aliphatic rings. The van der Waals surface area contributed by atoms with E-state index in [1.165, 1.54) is 0 Å². The molecule has 0 saturated carbocycles. The highest BCUT2D eigenvalue weighted by molar-refractivity contribution is 9.10. The SMILES string of the molecule is CCOc1ccccc1NC(=O)N1C(C)C(c2ccc(OC)cc2)C(C(=O)c2ccccc2)C12C(=O)Nc1ccc(Br)cc12. The summed E-state index contributed by atoms with van der Waals surface area (Å²) < 4.78 is 11.9. The molecule has 2 N–H and O–H groups in total. The molecular formula is C35H32BrN3O5. The number of benzene rings is 4.